The van der Waals surface area contributed by atoms with Gasteiger partial charge in [-0.1, -0.05) is 266 Å². The molecular formula is C56H108O6. The summed E-state index contributed by atoms with van der Waals surface area (Å²) in [5.74, 6) is 1.67. The third-order valence-corrected chi connectivity index (χ3v) is 13.0. The molecule has 6 heteroatoms. The van der Waals surface area contributed by atoms with Gasteiger partial charge in [0, 0.05) is 19.3 Å². The van der Waals surface area contributed by atoms with Gasteiger partial charge in [0.2, 0.25) is 0 Å². The van der Waals surface area contributed by atoms with Crippen molar-refractivity contribution in [2.75, 3.05) is 13.2 Å². The molecule has 0 N–H and O–H groups in total. The van der Waals surface area contributed by atoms with Crippen molar-refractivity contribution in [3.63, 3.8) is 0 Å². The fraction of sp³-hybridized carbons (Fsp3) is 0.946. The summed E-state index contributed by atoms with van der Waals surface area (Å²) in [6, 6.07) is 0. The van der Waals surface area contributed by atoms with Crippen molar-refractivity contribution < 1.29 is 28.6 Å². The van der Waals surface area contributed by atoms with Crippen LogP contribution >= 0.6 is 0 Å². The second-order valence-corrected chi connectivity index (χ2v) is 20.4. The standard InChI is InChI=1S/C56H108O6/c1-7-52(6)44-38-32-26-22-23-29-35-41-47-56(59)62-53(49-61-55(58)46-40-34-28-21-17-13-12-15-19-25-31-37-43-51(4)5)48-60-54(57)45-39-33-27-20-16-11-9-8-10-14-18-24-30-36-42-50(2)3/h50-53H,7-49H2,1-6H3/t52?,53-/m0/s1. The smallest absolute Gasteiger partial charge is 0.306 e. The number of hydrogen-bond acceptors (Lipinski definition) is 6. The Morgan fingerprint density at radius 2 is 0.565 bits per heavy atom. The van der Waals surface area contributed by atoms with E-state index in [2.05, 4.69) is 41.5 Å². The number of rotatable bonds is 49. The Bertz CT molecular complexity index is 962. The van der Waals surface area contributed by atoms with E-state index in [4.69, 9.17) is 14.2 Å². The molecule has 6 nitrogen and oxygen atoms in total. The summed E-state index contributed by atoms with van der Waals surface area (Å²) in [6.07, 6.45) is 48.0. The second kappa shape index (κ2) is 47.4. The van der Waals surface area contributed by atoms with E-state index < -0.39 is 6.10 Å². The van der Waals surface area contributed by atoms with E-state index in [0.29, 0.717) is 19.3 Å². The first kappa shape index (κ1) is 60.4. The van der Waals surface area contributed by atoms with Crippen LogP contribution in [0, 0.1) is 17.8 Å². The van der Waals surface area contributed by atoms with Crippen molar-refractivity contribution >= 4 is 17.9 Å². The number of esters is 3. The quantitative estimate of drug-likeness (QED) is 0.0344. The van der Waals surface area contributed by atoms with Gasteiger partial charge in [0.1, 0.15) is 13.2 Å². The van der Waals surface area contributed by atoms with Gasteiger partial charge in [-0.05, 0) is 37.0 Å². The van der Waals surface area contributed by atoms with Crippen LogP contribution in [0.4, 0.5) is 0 Å². The fourth-order valence-electron chi connectivity index (χ4n) is 8.44. The first-order chi connectivity index (χ1) is 30.1. The van der Waals surface area contributed by atoms with Crippen LogP contribution in [0.5, 0.6) is 0 Å². The lowest BCUT2D eigenvalue weighted by Gasteiger charge is -2.18. The van der Waals surface area contributed by atoms with E-state index in [1.807, 2.05) is 0 Å². The summed E-state index contributed by atoms with van der Waals surface area (Å²) in [5.41, 5.74) is 0. The second-order valence-electron chi connectivity index (χ2n) is 20.4. The zero-order valence-corrected chi connectivity index (χ0v) is 42.7. The Kier molecular flexibility index (Phi) is 46.2. The minimum atomic E-state index is -0.763. The molecule has 0 amide bonds. The number of ether oxygens (including phenoxy) is 3. The van der Waals surface area contributed by atoms with Gasteiger partial charge in [-0.15, -0.1) is 0 Å². The molecule has 0 aliphatic heterocycles. The van der Waals surface area contributed by atoms with Gasteiger partial charge in [-0.25, -0.2) is 0 Å². The topological polar surface area (TPSA) is 78.9 Å². The van der Waals surface area contributed by atoms with Gasteiger partial charge < -0.3 is 14.2 Å². The van der Waals surface area contributed by atoms with Crippen LogP contribution in [0.3, 0.4) is 0 Å². The summed E-state index contributed by atoms with van der Waals surface area (Å²) < 4.78 is 16.9. The predicted octanol–water partition coefficient (Wildman–Crippen LogP) is 17.9. The summed E-state index contributed by atoms with van der Waals surface area (Å²) in [6.45, 7) is 13.8. The number of hydrogen-bond donors (Lipinski definition) is 0. The maximum absolute atomic E-state index is 12.8. The number of carbonyl (C=O) groups is 3. The molecular weight excluding hydrogens is 769 g/mol. The minimum Gasteiger partial charge on any atom is -0.462 e. The highest BCUT2D eigenvalue weighted by Gasteiger charge is 2.19. The Morgan fingerprint density at radius 1 is 0.323 bits per heavy atom. The average molecular weight is 877 g/mol. The molecule has 0 rings (SSSR count). The summed E-state index contributed by atoms with van der Waals surface area (Å²) in [7, 11) is 0. The molecule has 0 fully saturated rings. The van der Waals surface area contributed by atoms with Crippen LogP contribution in [0.2, 0.25) is 0 Å². The molecule has 0 aromatic carbocycles. The zero-order valence-electron chi connectivity index (χ0n) is 42.7. The van der Waals surface area contributed by atoms with E-state index in [1.54, 1.807) is 0 Å². The first-order valence-corrected chi connectivity index (χ1v) is 27.6. The van der Waals surface area contributed by atoms with Crippen molar-refractivity contribution in [2.24, 2.45) is 17.8 Å². The van der Waals surface area contributed by atoms with E-state index in [0.717, 1.165) is 75.5 Å². The van der Waals surface area contributed by atoms with Gasteiger partial charge in [-0.3, -0.25) is 14.4 Å². The van der Waals surface area contributed by atoms with Gasteiger partial charge in [0.15, 0.2) is 6.10 Å². The fourth-order valence-corrected chi connectivity index (χ4v) is 8.44. The van der Waals surface area contributed by atoms with E-state index >= 15 is 0 Å². The molecule has 0 aliphatic carbocycles. The van der Waals surface area contributed by atoms with E-state index in [9.17, 15) is 14.4 Å². The summed E-state index contributed by atoms with van der Waals surface area (Å²) in [5, 5.41) is 0. The molecule has 0 aromatic heterocycles. The Hall–Kier alpha value is -1.59. The molecule has 2 atom stereocenters. The number of unbranched alkanes of at least 4 members (excludes halogenated alkanes) is 31. The Morgan fingerprint density at radius 3 is 0.839 bits per heavy atom. The molecule has 0 spiro atoms. The first-order valence-electron chi connectivity index (χ1n) is 27.6. The maximum Gasteiger partial charge on any atom is 0.306 e. The average Bonchev–Trinajstić information content (AvgIpc) is 3.24. The molecule has 0 aliphatic rings. The van der Waals surface area contributed by atoms with Crippen LogP contribution in [0.1, 0.15) is 305 Å². The molecule has 0 bridgehead atoms. The van der Waals surface area contributed by atoms with Gasteiger partial charge in [-0.2, -0.15) is 0 Å². The van der Waals surface area contributed by atoms with Gasteiger partial charge >= 0.3 is 17.9 Å². The monoisotopic (exact) mass is 877 g/mol. The summed E-state index contributed by atoms with van der Waals surface area (Å²) >= 11 is 0. The van der Waals surface area contributed by atoms with Crippen molar-refractivity contribution in [3.8, 4) is 0 Å². The minimum absolute atomic E-state index is 0.0643. The van der Waals surface area contributed by atoms with E-state index in [1.165, 1.54) is 186 Å². The highest BCUT2D eigenvalue weighted by Crippen LogP contribution is 2.18. The van der Waals surface area contributed by atoms with Gasteiger partial charge in [0.05, 0.1) is 0 Å². The molecule has 0 saturated heterocycles. The Labute approximate surface area is 387 Å². The maximum atomic E-state index is 12.8. The molecule has 368 valence electrons. The third kappa shape index (κ3) is 47.9. The van der Waals surface area contributed by atoms with Gasteiger partial charge in [0.25, 0.3) is 0 Å². The van der Waals surface area contributed by atoms with Crippen molar-refractivity contribution in [1.82, 2.24) is 0 Å². The molecule has 0 radical (unpaired) electrons. The van der Waals surface area contributed by atoms with Crippen LogP contribution < -0.4 is 0 Å². The largest absolute Gasteiger partial charge is 0.462 e. The van der Waals surface area contributed by atoms with Crippen LogP contribution in [0.15, 0.2) is 0 Å². The van der Waals surface area contributed by atoms with Crippen molar-refractivity contribution in [2.45, 2.75) is 311 Å². The highest BCUT2D eigenvalue weighted by molar-refractivity contribution is 5.71. The number of carbonyl (C=O) groups excluding carboxylic acids is 3. The summed E-state index contributed by atoms with van der Waals surface area (Å²) in [4.78, 5) is 38.0. The molecule has 0 saturated carbocycles. The molecule has 0 aromatic rings. The zero-order chi connectivity index (χ0) is 45.6. The molecule has 62 heavy (non-hydrogen) atoms. The lowest BCUT2D eigenvalue weighted by Crippen LogP contribution is -2.30. The van der Waals surface area contributed by atoms with Crippen molar-refractivity contribution in [3.05, 3.63) is 0 Å². The lowest BCUT2D eigenvalue weighted by atomic mass is 9.99. The van der Waals surface area contributed by atoms with E-state index in [-0.39, 0.29) is 31.1 Å². The van der Waals surface area contributed by atoms with Crippen LogP contribution in [-0.4, -0.2) is 37.2 Å². The van der Waals surface area contributed by atoms with Crippen LogP contribution in [0.25, 0.3) is 0 Å². The third-order valence-electron chi connectivity index (χ3n) is 13.0. The molecule has 1 unspecified atom stereocenters. The molecule has 0 heterocycles. The lowest BCUT2D eigenvalue weighted by molar-refractivity contribution is -0.167. The van der Waals surface area contributed by atoms with Crippen LogP contribution in [-0.2, 0) is 28.6 Å². The SMILES string of the molecule is CCC(C)CCCCCCCCCCC(=O)O[C@@H](COC(=O)CCCCCCCCCCCCCCCCC(C)C)COC(=O)CCCCCCCCCCCCCCC(C)C. The van der Waals surface area contributed by atoms with Crippen molar-refractivity contribution in [1.29, 1.82) is 0 Å². The Balaban J connectivity index is 4.29. The predicted molar refractivity (Wildman–Crippen MR) is 266 cm³/mol. The normalized spacial score (nSPS) is 12.6. The highest BCUT2D eigenvalue weighted by atomic mass is 16.6.